The minimum Gasteiger partial charge on any atom is -0.475 e. The highest BCUT2D eigenvalue weighted by Crippen LogP contribution is 2.21. The lowest BCUT2D eigenvalue weighted by atomic mass is 10.1. The highest BCUT2D eigenvalue weighted by atomic mass is 19.4. The van der Waals surface area contributed by atoms with E-state index in [-0.39, 0.29) is 5.69 Å². The first-order valence-electron chi connectivity index (χ1n) is 9.89. The van der Waals surface area contributed by atoms with Crippen LogP contribution in [-0.2, 0) is 11.2 Å². The van der Waals surface area contributed by atoms with Crippen LogP contribution in [0.25, 0.3) is 17.1 Å². The summed E-state index contributed by atoms with van der Waals surface area (Å²) in [7, 11) is 0. The lowest BCUT2D eigenvalue weighted by Gasteiger charge is -2.06. The Kier molecular flexibility index (Phi) is 7.13. The number of carboxylic acid groups (broad SMARTS) is 1. The Bertz CT molecular complexity index is 1110. The van der Waals surface area contributed by atoms with Crippen molar-refractivity contribution in [2.45, 2.75) is 44.8 Å². The molecule has 0 bridgehead atoms. The van der Waals surface area contributed by atoms with E-state index in [1.54, 1.807) is 10.8 Å². The Labute approximate surface area is 180 Å². The van der Waals surface area contributed by atoms with Crippen molar-refractivity contribution in [3.8, 4) is 17.1 Å². The number of halogens is 3. The molecule has 1 saturated heterocycles. The van der Waals surface area contributed by atoms with Gasteiger partial charge in [0.25, 0.3) is 0 Å². The molecule has 12 heteroatoms. The number of aromatic amines is 1. The van der Waals surface area contributed by atoms with Gasteiger partial charge in [-0.25, -0.2) is 9.59 Å². The summed E-state index contributed by atoms with van der Waals surface area (Å²) in [5.41, 5.74) is 2.30. The van der Waals surface area contributed by atoms with Gasteiger partial charge in [0.2, 0.25) is 11.7 Å². The average molecular weight is 453 g/mol. The molecule has 3 N–H and O–H groups in total. The molecular weight excluding hydrogens is 431 g/mol. The first kappa shape index (κ1) is 23.3. The van der Waals surface area contributed by atoms with Gasteiger partial charge in [0, 0.05) is 29.9 Å². The molecule has 9 nitrogen and oxygen atoms in total. The van der Waals surface area contributed by atoms with Crippen LogP contribution < -0.4 is 11.0 Å². The molecular formula is C20H22F3N5O4. The molecule has 2 aromatic heterocycles. The Morgan fingerprint density at radius 3 is 2.72 bits per heavy atom. The fraction of sp³-hybridized carbons (Fsp3) is 0.400. The van der Waals surface area contributed by atoms with Gasteiger partial charge in [-0.3, -0.25) is 4.57 Å². The number of H-pyrrole nitrogens is 1. The van der Waals surface area contributed by atoms with Crippen molar-refractivity contribution in [3.63, 3.8) is 0 Å². The van der Waals surface area contributed by atoms with Gasteiger partial charge in [0.15, 0.2) is 0 Å². The molecule has 1 atom stereocenters. The zero-order valence-electron chi connectivity index (χ0n) is 17.1. The Morgan fingerprint density at radius 1 is 1.38 bits per heavy atom. The topological polar surface area (TPSA) is 126 Å². The molecule has 1 aromatic carbocycles. The van der Waals surface area contributed by atoms with Crippen molar-refractivity contribution in [3.05, 3.63) is 52.5 Å². The van der Waals surface area contributed by atoms with E-state index in [0.29, 0.717) is 17.8 Å². The van der Waals surface area contributed by atoms with Gasteiger partial charge in [-0.1, -0.05) is 17.3 Å². The minimum absolute atomic E-state index is 0.160. The predicted molar refractivity (Wildman–Crippen MR) is 107 cm³/mol. The van der Waals surface area contributed by atoms with Gasteiger partial charge >= 0.3 is 17.8 Å². The number of hydrogen-bond donors (Lipinski definition) is 3. The molecule has 0 radical (unpaired) electrons. The number of nitrogens with zero attached hydrogens (tertiary/aromatic N) is 3. The number of rotatable bonds is 5. The quantitative estimate of drug-likeness (QED) is 0.542. The van der Waals surface area contributed by atoms with Crippen LogP contribution >= 0.6 is 0 Å². The van der Waals surface area contributed by atoms with Crippen LogP contribution in [0.1, 0.15) is 30.8 Å². The van der Waals surface area contributed by atoms with E-state index < -0.39 is 12.1 Å². The lowest BCUT2D eigenvalue weighted by molar-refractivity contribution is -0.192. The Balaban J connectivity index is 0.000000360. The SMILES string of the molecule is Cc1c[nH]c(=O)n1-c1cccc(-c2noc(CC[C@@H]3CCCN3)n2)c1.O=C(O)C(F)(F)F. The summed E-state index contributed by atoms with van der Waals surface area (Å²) in [6, 6.07) is 8.15. The maximum absolute atomic E-state index is 12.0. The molecule has 4 rings (SSSR count). The van der Waals surface area contributed by atoms with Crippen molar-refractivity contribution in [2.24, 2.45) is 0 Å². The van der Waals surface area contributed by atoms with Crippen LogP contribution in [0.15, 0.2) is 39.8 Å². The van der Waals surface area contributed by atoms with E-state index >= 15 is 0 Å². The summed E-state index contributed by atoms with van der Waals surface area (Å²) in [4.78, 5) is 28.1. The number of alkyl halides is 3. The monoisotopic (exact) mass is 453 g/mol. The number of aromatic nitrogens is 4. The predicted octanol–water partition coefficient (Wildman–Crippen LogP) is 2.84. The number of nitrogens with one attached hydrogen (secondary N) is 2. The zero-order chi connectivity index (χ0) is 23.3. The number of carbonyl (C=O) groups is 1. The molecule has 0 saturated carbocycles. The number of imidazole rings is 1. The van der Waals surface area contributed by atoms with Crippen LogP contribution in [-0.4, -0.2) is 49.5 Å². The summed E-state index contributed by atoms with van der Waals surface area (Å²) in [6.07, 6.45) is 0.858. The fourth-order valence-electron chi connectivity index (χ4n) is 3.33. The summed E-state index contributed by atoms with van der Waals surface area (Å²) >= 11 is 0. The second-order valence-electron chi connectivity index (χ2n) is 7.27. The zero-order valence-corrected chi connectivity index (χ0v) is 17.1. The summed E-state index contributed by atoms with van der Waals surface area (Å²) < 4.78 is 38.8. The van der Waals surface area contributed by atoms with Crippen molar-refractivity contribution in [2.75, 3.05) is 6.54 Å². The number of hydrogen-bond acceptors (Lipinski definition) is 6. The first-order valence-corrected chi connectivity index (χ1v) is 9.89. The van der Waals surface area contributed by atoms with Crippen molar-refractivity contribution >= 4 is 5.97 Å². The van der Waals surface area contributed by atoms with Crippen LogP contribution in [0.4, 0.5) is 13.2 Å². The maximum atomic E-state index is 12.0. The highest BCUT2D eigenvalue weighted by Gasteiger charge is 2.38. The largest absolute Gasteiger partial charge is 0.490 e. The number of aliphatic carboxylic acids is 1. The first-order chi connectivity index (χ1) is 15.1. The number of benzene rings is 1. The molecule has 1 aliphatic heterocycles. The van der Waals surface area contributed by atoms with E-state index in [1.165, 1.54) is 12.8 Å². The van der Waals surface area contributed by atoms with E-state index in [9.17, 15) is 18.0 Å². The molecule has 32 heavy (non-hydrogen) atoms. The summed E-state index contributed by atoms with van der Waals surface area (Å²) in [6.45, 7) is 2.98. The summed E-state index contributed by atoms with van der Waals surface area (Å²) in [5, 5.41) is 14.7. The smallest absolute Gasteiger partial charge is 0.475 e. The average Bonchev–Trinajstić information content (AvgIpc) is 3.48. The molecule has 0 amide bonds. The maximum Gasteiger partial charge on any atom is 0.490 e. The van der Waals surface area contributed by atoms with Gasteiger partial charge in [0.05, 0.1) is 5.69 Å². The molecule has 0 aliphatic carbocycles. The minimum atomic E-state index is -5.08. The van der Waals surface area contributed by atoms with Crippen LogP contribution in [0.3, 0.4) is 0 Å². The van der Waals surface area contributed by atoms with Gasteiger partial charge in [-0.15, -0.1) is 0 Å². The highest BCUT2D eigenvalue weighted by molar-refractivity contribution is 5.73. The molecule has 3 aromatic rings. The third-order valence-electron chi connectivity index (χ3n) is 4.90. The molecule has 0 spiro atoms. The fourth-order valence-corrected chi connectivity index (χ4v) is 3.33. The second-order valence-corrected chi connectivity index (χ2v) is 7.27. The van der Waals surface area contributed by atoms with Gasteiger partial charge in [-0.2, -0.15) is 18.2 Å². The summed E-state index contributed by atoms with van der Waals surface area (Å²) in [5.74, 6) is -1.55. The normalized spacial score (nSPS) is 15.9. The standard InChI is InChI=1S/C18H21N5O2.C2HF3O2/c1-12-11-20-18(24)23(12)15-6-2-4-13(10-15)17-21-16(25-22-17)8-7-14-5-3-9-19-14;3-2(4,5)1(6)7/h2,4,6,10-11,14,19H,3,5,7-9H2,1H3,(H,20,24);(H,6,7)/t14-;/m0./s1. The van der Waals surface area contributed by atoms with Gasteiger partial charge < -0.3 is 19.9 Å². The van der Waals surface area contributed by atoms with Gasteiger partial charge in [0.1, 0.15) is 0 Å². The lowest BCUT2D eigenvalue weighted by Crippen LogP contribution is -2.21. The number of carboxylic acids is 1. The van der Waals surface area contributed by atoms with Crippen LogP contribution in [0.5, 0.6) is 0 Å². The van der Waals surface area contributed by atoms with E-state index in [0.717, 1.165) is 36.3 Å². The van der Waals surface area contributed by atoms with Crippen molar-refractivity contribution in [1.29, 1.82) is 0 Å². The molecule has 1 aliphatic rings. The van der Waals surface area contributed by atoms with Gasteiger partial charge in [-0.05, 0) is 44.9 Å². The van der Waals surface area contributed by atoms with Crippen LogP contribution in [0.2, 0.25) is 0 Å². The van der Waals surface area contributed by atoms with Crippen molar-refractivity contribution < 1.29 is 27.6 Å². The Hall–Kier alpha value is -3.41. The number of aryl methyl sites for hydroxylation is 2. The van der Waals surface area contributed by atoms with Crippen LogP contribution in [0, 0.1) is 6.92 Å². The van der Waals surface area contributed by atoms with E-state index in [4.69, 9.17) is 14.4 Å². The molecule has 0 unspecified atom stereocenters. The van der Waals surface area contributed by atoms with E-state index in [1.807, 2.05) is 31.2 Å². The van der Waals surface area contributed by atoms with Crippen molar-refractivity contribution in [1.82, 2.24) is 25.0 Å². The third kappa shape index (κ3) is 5.84. The molecule has 1 fully saturated rings. The molecule has 172 valence electrons. The third-order valence-corrected chi connectivity index (χ3v) is 4.90. The second kappa shape index (κ2) is 9.81. The Morgan fingerprint density at radius 2 is 2.12 bits per heavy atom. The van der Waals surface area contributed by atoms with E-state index in [2.05, 4.69) is 20.4 Å². The molecule has 3 heterocycles.